The largest absolute Gasteiger partial charge is 0.405 e. The van der Waals surface area contributed by atoms with Crippen LogP contribution in [-0.4, -0.2) is 33.7 Å². The molecular formula is C10H13F3N4S. The molecule has 0 aliphatic heterocycles. The average molecular weight is 278 g/mol. The monoisotopic (exact) mass is 278 g/mol. The molecule has 0 saturated carbocycles. The average Bonchev–Trinajstić information content (AvgIpc) is 2.24. The maximum atomic E-state index is 12.4. The van der Waals surface area contributed by atoms with Crippen LogP contribution in [0, 0.1) is 0 Å². The van der Waals surface area contributed by atoms with E-state index >= 15 is 0 Å². The van der Waals surface area contributed by atoms with Crippen molar-refractivity contribution in [3.8, 4) is 0 Å². The van der Waals surface area contributed by atoms with E-state index in [0.717, 1.165) is 4.90 Å². The van der Waals surface area contributed by atoms with Crippen molar-refractivity contribution >= 4 is 23.0 Å². The van der Waals surface area contributed by atoms with Gasteiger partial charge in [0.15, 0.2) is 0 Å². The van der Waals surface area contributed by atoms with Crippen LogP contribution in [0.1, 0.15) is 19.5 Å². The highest BCUT2D eigenvalue weighted by molar-refractivity contribution is 7.80. The highest BCUT2D eigenvalue weighted by atomic mass is 32.1. The van der Waals surface area contributed by atoms with E-state index in [1.54, 1.807) is 13.8 Å². The van der Waals surface area contributed by atoms with E-state index in [-0.39, 0.29) is 22.5 Å². The number of aromatic nitrogens is 2. The summed E-state index contributed by atoms with van der Waals surface area (Å²) in [5.41, 5.74) is 5.62. The molecule has 0 aliphatic rings. The van der Waals surface area contributed by atoms with Gasteiger partial charge in [-0.15, -0.1) is 0 Å². The molecule has 0 bridgehead atoms. The summed E-state index contributed by atoms with van der Waals surface area (Å²) in [6, 6.07) is -0.350. The van der Waals surface area contributed by atoms with E-state index in [9.17, 15) is 13.2 Å². The Balaban J connectivity index is 2.96. The zero-order chi connectivity index (χ0) is 13.9. The molecule has 0 amide bonds. The van der Waals surface area contributed by atoms with E-state index < -0.39 is 12.7 Å². The Bertz CT molecular complexity index is 416. The molecule has 18 heavy (non-hydrogen) atoms. The zero-order valence-electron chi connectivity index (χ0n) is 9.90. The number of hydrogen-bond acceptors (Lipinski definition) is 4. The molecule has 2 N–H and O–H groups in total. The highest BCUT2D eigenvalue weighted by Gasteiger charge is 2.32. The SMILES string of the molecule is CC(C)N(CC(F)(F)F)c1cnc(C(N)=S)cn1. The van der Waals surface area contributed by atoms with Crippen molar-refractivity contribution in [1.82, 2.24) is 9.97 Å². The smallest absolute Gasteiger partial charge is 0.388 e. The van der Waals surface area contributed by atoms with Gasteiger partial charge >= 0.3 is 6.18 Å². The van der Waals surface area contributed by atoms with E-state index in [1.807, 2.05) is 0 Å². The van der Waals surface area contributed by atoms with Crippen molar-refractivity contribution < 1.29 is 13.2 Å². The first kappa shape index (κ1) is 14.6. The molecule has 0 radical (unpaired) electrons. The Morgan fingerprint density at radius 1 is 1.39 bits per heavy atom. The third-order valence-electron chi connectivity index (χ3n) is 2.16. The Morgan fingerprint density at radius 3 is 2.33 bits per heavy atom. The summed E-state index contributed by atoms with van der Waals surface area (Å²) in [7, 11) is 0. The number of nitrogens with zero attached hydrogens (tertiary/aromatic N) is 3. The fourth-order valence-electron chi connectivity index (χ4n) is 1.32. The van der Waals surface area contributed by atoms with Gasteiger partial charge in [0.1, 0.15) is 23.0 Å². The van der Waals surface area contributed by atoms with Crippen molar-refractivity contribution in [2.24, 2.45) is 5.73 Å². The maximum absolute atomic E-state index is 12.4. The first-order valence-electron chi connectivity index (χ1n) is 5.16. The second kappa shape index (κ2) is 5.47. The minimum absolute atomic E-state index is 0.0565. The third-order valence-corrected chi connectivity index (χ3v) is 2.37. The lowest BCUT2D eigenvalue weighted by Crippen LogP contribution is -2.39. The lowest BCUT2D eigenvalue weighted by Gasteiger charge is -2.28. The molecule has 1 heterocycles. The van der Waals surface area contributed by atoms with Crippen molar-refractivity contribution in [2.45, 2.75) is 26.1 Å². The van der Waals surface area contributed by atoms with Crippen LogP contribution in [0.3, 0.4) is 0 Å². The van der Waals surface area contributed by atoms with Gasteiger partial charge in [-0.2, -0.15) is 13.2 Å². The minimum Gasteiger partial charge on any atom is -0.388 e. The predicted octanol–water partition coefficient (Wildman–Crippen LogP) is 1.89. The van der Waals surface area contributed by atoms with Gasteiger partial charge in [-0.25, -0.2) is 9.97 Å². The summed E-state index contributed by atoms with van der Waals surface area (Å²) >= 11 is 4.69. The van der Waals surface area contributed by atoms with Gasteiger partial charge in [0.25, 0.3) is 0 Å². The molecular weight excluding hydrogens is 265 g/mol. The second-order valence-corrected chi connectivity index (χ2v) is 4.40. The lowest BCUT2D eigenvalue weighted by molar-refractivity contribution is -0.120. The van der Waals surface area contributed by atoms with Crippen LogP contribution in [-0.2, 0) is 0 Å². The van der Waals surface area contributed by atoms with Crippen molar-refractivity contribution in [3.63, 3.8) is 0 Å². The van der Waals surface area contributed by atoms with Gasteiger partial charge in [-0.1, -0.05) is 12.2 Å². The van der Waals surface area contributed by atoms with Gasteiger partial charge < -0.3 is 10.6 Å². The minimum atomic E-state index is -4.30. The summed E-state index contributed by atoms with van der Waals surface area (Å²) in [5.74, 6) is 0.141. The van der Waals surface area contributed by atoms with E-state index in [0.29, 0.717) is 0 Å². The van der Waals surface area contributed by atoms with Crippen LogP contribution in [0.2, 0.25) is 0 Å². The van der Waals surface area contributed by atoms with E-state index in [4.69, 9.17) is 18.0 Å². The highest BCUT2D eigenvalue weighted by Crippen LogP contribution is 2.22. The van der Waals surface area contributed by atoms with E-state index in [2.05, 4.69) is 9.97 Å². The van der Waals surface area contributed by atoms with Gasteiger partial charge in [-0.05, 0) is 13.8 Å². The second-order valence-electron chi connectivity index (χ2n) is 3.96. The Labute approximate surface area is 108 Å². The first-order chi connectivity index (χ1) is 8.20. The van der Waals surface area contributed by atoms with E-state index in [1.165, 1.54) is 12.4 Å². The molecule has 0 atom stereocenters. The van der Waals surface area contributed by atoms with Crippen LogP contribution in [0.4, 0.5) is 19.0 Å². The number of halogens is 3. The number of anilines is 1. The molecule has 100 valence electrons. The Hall–Kier alpha value is -1.44. The summed E-state index contributed by atoms with van der Waals surface area (Å²) in [6.45, 7) is 2.22. The normalized spacial score (nSPS) is 11.7. The molecule has 1 aromatic heterocycles. The molecule has 0 unspecified atom stereocenters. The summed E-state index contributed by atoms with van der Waals surface area (Å²) in [4.78, 5) is 8.94. The number of alkyl halides is 3. The standard InChI is InChI=1S/C10H13F3N4S/c1-6(2)17(5-10(11,12)13)8-4-15-7(3-16-8)9(14)18/h3-4,6H,5H2,1-2H3,(H2,14,18). The number of thiocarbonyl (C=S) groups is 1. The van der Waals surface area contributed by atoms with Gasteiger partial charge in [0, 0.05) is 6.04 Å². The van der Waals surface area contributed by atoms with Gasteiger partial charge in [0.05, 0.1) is 12.4 Å². The molecule has 0 saturated heterocycles. The summed E-state index contributed by atoms with van der Waals surface area (Å²) < 4.78 is 37.3. The molecule has 1 aromatic rings. The molecule has 1 rings (SSSR count). The van der Waals surface area contributed by atoms with Crippen molar-refractivity contribution in [1.29, 1.82) is 0 Å². The van der Waals surface area contributed by atoms with Gasteiger partial charge in [0.2, 0.25) is 0 Å². The Kier molecular flexibility index (Phi) is 4.44. The topological polar surface area (TPSA) is 55.0 Å². The molecule has 0 spiro atoms. The van der Waals surface area contributed by atoms with Crippen molar-refractivity contribution in [3.05, 3.63) is 18.1 Å². The number of rotatable bonds is 4. The predicted molar refractivity (Wildman–Crippen MR) is 66.5 cm³/mol. The maximum Gasteiger partial charge on any atom is 0.405 e. The fraction of sp³-hybridized carbons (Fsp3) is 0.500. The lowest BCUT2D eigenvalue weighted by atomic mass is 10.3. The molecule has 0 fully saturated rings. The third kappa shape index (κ3) is 4.10. The Morgan fingerprint density at radius 2 is 2.00 bits per heavy atom. The molecule has 0 aliphatic carbocycles. The summed E-state index contributed by atoms with van der Waals surface area (Å²) in [5, 5.41) is 0. The first-order valence-corrected chi connectivity index (χ1v) is 5.57. The number of nitrogens with two attached hydrogens (primary N) is 1. The van der Waals surface area contributed by atoms with Crippen molar-refractivity contribution in [2.75, 3.05) is 11.4 Å². The van der Waals surface area contributed by atoms with Crippen LogP contribution >= 0.6 is 12.2 Å². The van der Waals surface area contributed by atoms with Crippen LogP contribution in [0.15, 0.2) is 12.4 Å². The molecule has 4 nitrogen and oxygen atoms in total. The molecule has 8 heteroatoms. The summed E-state index contributed by atoms with van der Waals surface area (Å²) in [6.07, 6.45) is -1.79. The quantitative estimate of drug-likeness (QED) is 0.852. The number of hydrogen-bond donors (Lipinski definition) is 1. The van der Waals surface area contributed by atoms with Crippen LogP contribution in [0.25, 0.3) is 0 Å². The van der Waals surface area contributed by atoms with Gasteiger partial charge in [-0.3, -0.25) is 0 Å². The molecule has 0 aromatic carbocycles. The fourth-order valence-corrected chi connectivity index (χ4v) is 1.42. The van der Waals surface area contributed by atoms with Crippen LogP contribution in [0.5, 0.6) is 0 Å². The zero-order valence-corrected chi connectivity index (χ0v) is 10.7. The van der Waals surface area contributed by atoms with Crippen LogP contribution < -0.4 is 10.6 Å².